The minimum atomic E-state index is 0.175. The van der Waals surface area contributed by atoms with E-state index < -0.39 is 0 Å². The molecule has 4 heteroatoms. The lowest BCUT2D eigenvalue weighted by atomic mass is 10.1. The van der Waals surface area contributed by atoms with E-state index in [1.54, 1.807) is 0 Å². The third-order valence-electron chi connectivity index (χ3n) is 4.02. The van der Waals surface area contributed by atoms with Gasteiger partial charge >= 0.3 is 0 Å². The molecule has 1 aromatic carbocycles. The molecule has 2 atom stereocenters. The van der Waals surface area contributed by atoms with Gasteiger partial charge in [0.1, 0.15) is 18.5 Å². The summed E-state index contributed by atoms with van der Waals surface area (Å²) in [6.45, 7) is 3.36. The molecule has 0 saturated carbocycles. The Bertz CT molecular complexity index is 450. The van der Waals surface area contributed by atoms with E-state index in [9.17, 15) is 0 Å². The van der Waals surface area contributed by atoms with Crippen molar-refractivity contribution >= 4 is 0 Å². The van der Waals surface area contributed by atoms with Crippen molar-refractivity contribution in [2.45, 2.75) is 25.0 Å². The molecule has 1 aliphatic carbocycles. The van der Waals surface area contributed by atoms with Gasteiger partial charge in [-0.1, -0.05) is 6.07 Å². The monoisotopic (exact) mass is 262 g/mol. The highest BCUT2D eigenvalue weighted by atomic mass is 16.5. The minimum absolute atomic E-state index is 0.175. The first-order valence-corrected chi connectivity index (χ1v) is 7.04. The average Bonchev–Trinajstić information content (AvgIpc) is 2.78. The number of nitrogens with zero attached hydrogens (tertiary/aromatic N) is 1. The van der Waals surface area contributed by atoms with Crippen molar-refractivity contribution in [3.63, 3.8) is 0 Å². The molecule has 1 saturated heterocycles. The number of hydrogen-bond acceptors (Lipinski definition) is 4. The Balaban J connectivity index is 1.58. The van der Waals surface area contributed by atoms with Crippen LogP contribution < -0.4 is 10.5 Å². The van der Waals surface area contributed by atoms with Crippen molar-refractivity contribution in [1.29, 1.82) is 0 Å². The van der Waals surface area contributed by atoms with Crippen LogP contribution in [0.4, 0.5) is 0 Å². The lowest BCUT2D eigenvalue weighted by Gasteiger charge is -2.29. The largest absolute Gasteiger partial charge is 0.491 e. The maximum atomic E-state index is 6.04. The lowest BCUT2D eigenvalue weighted by Crippen LogP contribution is -2.42. The van der Waals surface area contributed by atoms with Gasteiger partial charge in [-0.15, -0.1) is 0 Å². The van der Waals surface area contributed by atoms with Crippen molar-refractivity contribution in [1.82, 2.24) is 4.90 Å². The molecule has 1 unspecified atom stereocenters. The average molecular weight is 262 g/mol. The van der Waals surface area contributed by atoms with Crippen molar-refractivity contribution in [2.24, 2.45) is 5.73 Å². The smallest absolute Gasteiger partial charge is 0.119 e. The van der Waals surface area contributed by atoms with Crippen LogP contribution in [0.5, 0.6) is 5.75 Å². The Morgan fingerprint density at radius 2 is 2.37 bits per heavy atom. The number of benzene rings is 1. The van der Waals surface area contributed by atoms with Gasteiger partial charge in [-0.25, -0.2) is 0 Å². The van der Waals surface area contributed by atoms with Gasteiger partial charge in [0, 0.05) is 19.1 Å². The molecule has 104 valence electrons. The standard InChI is InChI=1S/C15H22N2O2/c1-17-6-7-18-13(9-17)10-19-12-3-4-14-11(8-12)2-5-15(14)16/h3-4,8,13,15H,2,5-7,9-10,16H2,1H3/t13?,15-/m1/s1. The van der Waals surface area contributed by atoms with E-state index in [4.69, 9.17) is 15.2 Å². The molecule has 0 spiro atoms. The van der Waals surface area contributed by atoms with Crippen LogP contribution in [0, 0.1) is 0 Å². The van der Waals surface area contributed by atoms with Gasteiger partial charge in [-0.2, -0.15) is 0 Å². The Labute approximate surface area is 114 Å². The Hall–Kier alpha value is -1.10. The third-order valence-corrected chi connectivity index (χ3v) is 4.02. The summed E-state index contributed by atoms with van der Waals surface area (Å²) < 4.78 is 11.6. The zero-order chi connectivity index (χ0) is 13.2. The summed E-state index contributed by atoms with van der Waals surface area (Å²) in [6.07, 6.45) is 2.29. The summed E-state index contributed by atoms with van der Waals surface area (Å²) in [5.41, 5.74) is 8.65. The molecule has 0 aromatic heterocycles. The van der Waals surface area contributed by atoms with Gasteiger partial charge in [0.25, 0.3) is 0 Å². The molecule has 1 aromatic rings. The Morgan fingerprint density at radius 1 is 1.47 bits per heavy atom. The van der Waals surface area contributed by atoms with E-state index in [0.29, 0.717) is 6.61 Å². The molecule has 1 fully saturated rings. The predicted octanol–water partition coefficient (Wildman–Crippen LogP) is 1.34. The fourth-order valence-electron chi connectivity index (χ4n) is 2.87. The van der Waals surface area contributed by atoms with Gasteiger partial charge in [0.05, 0.1) is 6.61 Å². The predicted molar refractivity (Wildman–Crippen MR) is 74.4 cm³/mol. The zero-order valence-corrected chi connectivity index (χ0v) is 11.5. The van der Waals surface area contributed by atoms with Crippen LogP contribution in [0.25, 0.3) is 0 Å². The van der Waals surface area contributed by atoms with Crippen molar-refractivity contribution in [2.75, 3.05) is 33.4 Å². The molecule has 1 heterocycles. The second-order valence-electron chi connectivity index (χ2n) is 5.57. The number of ether oxygens (including phenoxy) is 2. The molecule has 1 aliphatic heterocycles. The van der Waals surface area contributed by atoms with E-state index in [-0.39, 0.29) is 12.1 Å². The number of likely N-dealkylation sites (N-methyl/N-ethyl adjacent to an activating group) is 1. The fraction of sp³-hybridized carbons (Fsp3) is 0.600. The van der Waals surface area contributed by atoms with Crippen LogP contribution in [0.2, 0.25) is 0 Å². The van der Waals surface area contributed by atoms with Crippen LogP contribution in [-0.4, -0.2) is 44.4 Å². The molecule has 0 radical (unpaired) electrons. The van der Waals surface area contributed by atoms with E-state index in [1.807, 2.05) is 6.07 Å². The minimum Gasteiger partial charge on any atom is -0.491 e. The second-order valence-corrected chi connectivity index (χ2v) is 5.57. The Kier molecular flexibility index (Phi) is 3.73. The highest BCUT2D eigenvalue weighted by Crippen LogP contribution is 2.31. The first-order chi connectivity index (χ1) is 9.22. The molecule has 0 amide bonds. The molecule has 19 heavy (non-hydrogen) atoms. The molecule has 4 nitrogen and oxygen atoms in total. The summed E-state index contributed by atoms with van der Waals surface area (Å²) in [4.78, 5) is 2.28. The van der Waals surface area contributed by atoms with Gasteiger partial charge in [0.2, 0.25) is 0 Å². The highest BCUT2D eigenvalue weighted by molar-refractivity contribution is 5.40. The summed E-state index contributed by atoms with van der Waals surface area (Å²) >= 11 is 0. The SMILES string of the molecule is CN1CCOC(COc2ccc3c(c2)CC[C@H]3N)C1. The molecule has 2 aliphatic rings. The van der Waals surface area contributed by atoms with Crippen LogP contribution in [-0.2, 0) is 11.2 Å². The number of fused-ring (bicyclic) bond motifs is 1. The van der Waals surface area contributed by atoms with Gasteiger partial charge in [-0.3, -0.25) is 0 Å². The number of morpholine rings is 1. The molecular weight excluding hydrogens is 240 g/mol. The molecular formula is C15H22N2O2. The highest BCUT2D eigenvalue weighted by Gasteiger charge is 2.21. The second kappa shape index (κ2) is 5.49. The third kappa shape index (κ3) is 2.91. The summed E-state index contributed by atoms with van der Waals surface area (Å²) in [5, 5.41) is 0. The van der Waals surface area contributed by atoms with E-state index in [1.165, 1.54) is 11.1 Å². The zero-order valence-electron chi connectivity index (χ0n) is 11.5. The van der Waals surface area contributed by atoms with Crippen LogP contribution in [0.15, 0.2) is 18.2 Å². The fourth-order valence-corrected chi connectivity index (χ4v) is 2.87. The number of rotatable bonds is 3. The molecule has 3 rings (SSSR count). The topological polar surface area (TPSA) is 47.7 Å². The molecule has 0 bridgehead atoms. The number of aryl methyl sites for hydroxylation is 1. The van der Waals surface area contributed by atoms with Crippen LogP contribution in [0.1, 0.15) is 23.6 Å². The first-order valence-electron chi connectivity index (χ1n) is 7.04. The van der Waals surface area contributed by atoms with Gasteiger partial charge in [0.15, 0.2) is 0 Å². The Morgan fingerprint density at radius 3 is 3.21 bits per heavy atom. The van der Waals surface area contributed by atoms with Crippen molar-refractivity contribution < 1.29 is 9.47 Å². The first kappa shape index (κ1) is 12.9. The summed E-state index contributed by atoms with van der Waals surface area (Å²) in [6, 6.07) is 6.47. The van der Waals surface area contributed by atoms with Crippen molar-refractivity contribution in [3.8, 4) is 5.75 Å². The number of nitrogens with two attached hydrogens (primary N) is 1. The van der Waals surface area contributed by atoms with E-state index in [0.717, 1.165) is 38.3 Å². The quantitative estimate of drug-likeness (QED) is 0.893. The van der Waals surface area contributed by atoms with Crippen LogP contribution in [0.3, 0.4) is 0 Å². The van der Waals surface area contributed by atoms with Gasteiger partial charge in [-0.05, 0) is 43.1 Å². The normalized spacial score (nSPS) is 27.3. The maximum Gasteiger partial charge on any atom is 0.119 e. The molecule has 2 N–H and O–H groups in total. The van der Waals surface area contributed by atoms with Gasteiger partial charge < -0.3 is 20.1 Å². The van der Waals surface area contributed by atoms with E-state index in [2.05, 4.69) is 24.1 Å². The summed E-state index contributed by atoms with van der Waals surface area (Å²) in [7, 11) is 2.12. The number of hydrogen-bond donors (Lipinski definition) is 1. The maximum absolute atomic E-state index is 6.04. The van der Waals surface area contributed by atoms with Crippen molar-refractivity contribution in [3.05, 3.63) is 29.3 Å². The summed E-state index contributed by atoms with van der Waals surface area (Å²) in [5.74, 6) is 0.935. The van der Waals surface area contributed by atoms with Crippen LogP contribution >= 0.6 is 0 Å². The lowest BCUT2D eigenvalue weighted by molar-refractivity contribution is -0.0403. The van der Waals surface area contributed by atoms with E-state index >= 15 is 0 Å².